The molecule has 23 rings (SSSR count). The van der Waals surface area contributed by atoms with Gasteiger partial charge in [0.15, 0.2) is 0 Å². The van der Waals surface area contributed by atoms with Gasteiger partial charge in [-0.25, -0.2) is 0 Å². The van der Waals surface area contributed by atoms with Crippen LogP contribution in [0.3, 0.4) is 0 Å². The van der Waals surface area contributed by atoms with E-state index in [2.05, 4.69) is 389 Å². The molecule has 0 saturated carbocycles. The molecule has 502 valence electrons. The van der Waals surface area contributed by atoms with Crippen molar-refractivity contribution in [2.75, 3.05) is 0 Å². The molecule has 0 radical (unpaired) electrons. The Hall–Kier alpha value is -14.6. The molecule has 0 spiro atoms. The standard InChI is InChI=1S/C100H62N8/c1-9-25-88-74(17-1)75-18-2-10-26-89(75)105(88)70-41-45-96-84(59-70)85-60-71(106-90-27-11-3-19-76(90)77-20-4-12-28-91(77)106)42-46-97(85)103(96)68-37-33-64(34-38-68)82-57-67(63-49-53-101-54-50-63)58-83(100(82)66-51-55-102-56-52-66)65-35-39-69(40-36-65)104-98-47-43-72(107-92-29-13-5-21-78(92)79-22-6-14-30-93(79)107)61-86(98)87-62-73(44-48-99(87)104)108-94-31-15-7-23-80(94)81-24-8-16-32-95(81)108/h1-62H. The number of pyridine rings is 2. The molecule has 0 aliphatic rings. The summed E-state index contributed by atoms with van der Waals surface area (Å²) in [6, 6.07) is 130. The van der Waals surface area contributed by atoms with Crippen LogP contribution in [0.15, 0.2) is 377 Å². The highest BCUT2D eigenvalue weighted by Gasteiger charge is 2.25. The van der Waals surface area contributed by atoms with Crippen molar-refractivity contribution in [1.29, 1.82) is 0 Å². The summed E-state index contributed by atoms with van der Waals surface area (Å²) < 4.78 is 14.6. The van der Waals surface area contributed by atoms with Crippen molar-refractivity contribution >= 4 is 131 Å². The number of nitrogens with zero attached hydrogens (tertiary/aromatic N) is 8. The Balaban J connectivity index is 0.691. The zero-order chi connectivity index (χ0) is 70.7. The number of hydrogen-bond donors (Lipinski definition) is 0. The van der Waals surface area contributed by atoms with Gasteiger partial charge in [0.05, 0.1) is 66.2 Å². The van der Waals surface area contributed by atoms with Crippen molar-refractivity contribution < 1.29 is 0 Å². The van der Waals surface area contributed by atoms with E-state index < -0.39 is 0 Å². The molecule has 23 aromatic rings. The smallest absolute Gasteiger partial charge is 0.0542 e. The first-order valence-corrected chi connectivity index (χ1v) is 36.9. The summed E-state index contributed by atoms with van der Waals surface area (Å²) in [5.74, 6) is 0. The highest BCUT2D eigenvalue weighted by Crippen LogP contribution is 2.47. The first-order chi connectivity index (χ1) is 53.6. The van der Waals surface area contributed by atoms with Gasteiger partial charge in [0.25, 0.3) is 0 Å². The van der Waals surface area contributed by atoms with Crippen LogP contribution in [0.2, 0.25) is 0 Å². The van der Waals surface area contributed by atoms with Crippen LogP contribution < -0.4 is 0 Å². The van der Waals surface area contributed by atoms with E-state index in [1.54, 1.807) is 0 Å². The second kappa shape index (κ2) is 23.5. The van der Waals surface area contributed by atoms with Gasteiger partial charge in [-0.05, 0) is 226 Å². The summed E-state index contributed by atoms with van der Waals surface area (Å²) in [5, 5.41) is 14.6. The number of rotatable bonds is 10. The highest BCUT2D eigenvalue weighted by atomic mass is 15.0. The van der Waals surface area contributed by atoms with Crippen molar-refractivity contribution in [3.05, 3.63) is 377 Å². The molecule has 0 fully saturated rings. The second-order valence-corrected chi connectivity index (χ2v) is 28.5. The van der Waals surface area contributed by atoms with Crippen molar-refractivity contribution in [3.63, 3.8) is 0 Å². The van der Waals surface area contributed by atoms with E-state index in [1.165, 1.54) is 109 Å². The van der Waals surface area contributed by atoms with Gasteiger partial charge in [-0.2, -0.15) is 0 Å². The van der Waals surface area contributed by atoms with Gasteiger partial charge in [-0.1, -0.05) is 170 Å². The number of hydrogen-bond acceptors (Lipinski definition) is 2. The van der Waals surface area contributed by atoms with E-state index in [0.717, 1.165) is 101 Å². The lowest BCUT2D eigenvalue weighted by Gasteiger charge is -2.20. The van der Waals surface area contributed by atoms with E-state index in [9.17, 15) is 0 Å². The number of para-hydroxylation sites is 8. The lowest BCUT2D eigenvalue weighted by Crippen LogP contribution is -1.98. The molecule has 8 heterocycles. The lowest BCUT2D eigenvalue weighted by molar-refractivity contribution is 1.16. The minimum atomic E-state index is 1.07. The molecule has 15 aromatic carbocycles. The monoisotopic (exact) mass is 1370 g/mol. The minimum absolute atomic E-state index is 1.07. The van der Waals surface area contributed by atoms with Crippen LogP contribution in [0.25, 0.3) is 209 Å². The Bertz CT molecular complexity index is 6680. The topological polar surface area (TPSA) is 55.4 Å². The molecular weight excluding hydrogens is 1310 g/mol. The molecule has 8 heteroatoms. The molecule has 0 unspecified atom stereocenters. The third-order valence-electron chi connectivity index (χ3n) is 22.8. The van der Waals surface area contributed by atoms with E-state index in [4.69, 9.17) is 0 Å². The van der Waals surface area contributed by atoms with Crippen molar-refractivity contribution in [1.82, 2.24) is 37.4 Å². The van der Waals surface area contributed by atoms with Gasteiger partial charge in [-0.3, -0.25) is 9.97 Å². The Morgan fingerprint density at radius 2 is 0.361 bits per heavy atom. The molecular formula is C100H62N8. The summed E-state index contributed by atoms with van der Waals surface area (Å²) >= 11 is 0. The maximum Gasteiger partial charge on any atom is 0.0542 e. The summed E-state index contributed by atoms with van der Waals surface area (Å²) in [4.78, 5) is 9.09. The van der Waals surface area contributed by atoms with Crippen LogP contribution in [-0.4, -0.2) is 37.4 Å². The zero-order valence-corrected chi connectivity index (χ0v) is 58.4. The fourth-order valence-corrected chi connectivity index (χ4v) is 18.1. The maximum atomic E-state index is 4.59. The van der Waals surface area contributed by atoms with E-state index in [0.29, 0.717) is 0 Å². The van der Waals surface area contributed by atoms with E-state index >= 15 is 0 Å². The molecule has 8 nitrogen and oxygen atoms in total. The molecule has 0 aliphatic carbocycles. The number of fused-ring (bicyclic) bond motifs is 18. The Morgan fingerprint density at radius 1 is 0.148 bits per heavy atom. The average Bonchev–Trinajstić information content (AvgIpc) is 1.57. The molecule has 0 amide bonds. The van der Waals surface area contributed by atoms with Crippen LogP contribution in [0.4, 0.5) is 0 Å². The fraction of sp³-hybridized carbons (Fsp3) is 0. The van der Waals surface area contributed by atoms with Gasteiger partial charge in [-0.15, -0.1) is 0 Å². The van der Waals surface area contributed by atoms with Gasteiger partial charge >= 0.3 is 0 Å². The molecule has 8 aromatic heterocycles. The summed E-state index contributed by atoms with van der Waals surface area (Å²) in [6.45, 7) is 0. The van der Waals surface area contributed by atoms with Crippen molar-refractivity contribution in [2.45, 2.75) is 0 Å². The summed E-state index contributed by atoms with van der Waals surface area (Å²) in [5.41, 5.74) is 29.3. The quantitative estimate of drug-likeness (QED) is 0.137. The third-order valence-corrected chi connectivity index (χ3v) is 22.8. The van der Waals surface area contributed by atoms with Crippen molar-refractivity contribution in [2.24, 2.45) is 0 Å². The van der Waals surface area contributed by atoms with Crippen LogP contribution in [0.5, 0.6) is 0 Å². The summed E-state index contributed by atoms with van der Waals surface area (Å²) in [7, 11) is 0. The Morgan fingerprint density at radius 3 is 0.620 bits per heavy atom. The van der Waals surface area contributed by atoms with E-state index in [-0.39, 0.29) is 0 Å². The zero-order valence-electron chi connectivity index (χ0n) is 58.4. The second-order valence-electron chi connectivity index (χ2n) is 28.5. The Labute approximate surface area is 619 Å². The van der Waals surface area contributed by atoms with Crippen LogP contribution in [-0.2, 0) is 0 Å². The van der Waals surface area contributed by atoms with Gasteiger partial charge in [0.1, 0.15) is 0 Å². The van der Waals surface area contributed by atoms with Gasteiger partial charge in [0.2, 0.25) is 0 Å². The average molecular weight is 1380 g/mol. The lowest BCUT2D eigenvalue weighted by atomic mass is 9.85. The molecule has 0 aliphatic heterocycles. The molecule has 0 atom stereocenters. The van der Waals surface area contributed by atoms with Gasteiger partial charge in [0, 0.05) is 124 Å². The summed E-state index contributed by atoms with van der Waals surface area (Å²) in [6.07, 6.45) is 7.61. The molecule has 0 bridgehead atoms. The third kappa shape index (κ3) is 8.92. The normalized spacial score (nSPS) is 12.1. The van der Waals surface area contributed by atoms with Crippen LogP contribution >= 0.6 is 0 Å². The SMILES string of the molecule is c1ccc2c(c1)c1ccccc1n2-c1ccc2c(c1)c1cc(-n3c4ccccc4c4ccccc43)ccc1n2-c1ccc(-c2cc(-c3ccncc3)cc(-c3ccc(-n4c5ccc(-n6c7ccccc7c7ccccc76)cc5c5cc(-n6c7ccccc7c7ccccc76)ccc54)cc3)c2-c2ccncc2)cc1. The minimum Gasteiger partial charge on any atom is -0.309 e. The highest BCUT2D eigenvalue weighted by molar-refractivity contribution is 6.17. The van der Waals surface area contributed by atoms with Crippen molar-refractivity contribution in [3.8, 4) is 78.6 Å². The van der Waals surface area contributed by atoms with Crippen LogP contribution in [0.1, 0.15) is 0 Å². The molecule has 108 heavy (non-hydrogen) atoms. The molecule has 0 N–H and O–H groups in total. The molecule has 0 saturated heterocycles. The predicted octanol–water partition coefficient (Wildman–Crippen LogP) is 25.7. The van der Waals surface area contributed by atoms with Crippen LogP contribution in [0, 0.1) is 0 Å². The predicted molar refractivity (Wildman–Crippen MR) is 450 cm³/mol. The fourth-order valence-electron chi connectivity index (χ4n) is 18.1. The maximum absolute atomic E-state index is 4.59. The number of benzene rings is 15. The number of aromatic nitrogens is 8. The van der Waals surface area contributed by atoms with Gasteiger partial charge < -0.3 is 27.4 Å². The first kappa shape index (κ1) is 59.9. The van der Waals surface area contributed by atoms with E-state index in [1.807, 2.05) is 24.8 Å². The first-order valence-electron chi connectivity index (χ1n) is 36.9. The Kier molecular flexibility index (Phi) is 13.0. The largest absolute Gasteiger partial charge is 0.309 e.